The summed E-state index contributed by atoms with van der Waals surface area (Å²) >= 11 is 0. The van der Waals surface area contributed by atoms with E-state index in [0.717, 1.165) is 77.0 Å². The van der Waals surface area contributed by atoms with Gasteiger partial charge in [-0.05, 0) is 70.4 Å². The van der Waals surface area contributed by atoms with Gasteiger partial charge >= 0.3 is 11.9 Å². The number of hydrogen-bond donors (Lipinski definition) is 3. The Labute approximate surface area is 275 Å². The first-order chi connectivity index (χ1) is 21.9. The lowest BCUT2D eigenvalue weighted by atomic mass is 10.0. The Morgan fingerprint density at radius 1 is 0.667 bits per heavy atom. The van der Waals surface area contributed by atoms with Crippen molar-refractivity contribution in [3.8, 4) is 0 Å². The summed E-state index contributed by atoms with van der Waals surface area (Å²) in [5.41, 5.74) is 5.46. The standard InChI is InChI=1S/C38H68N2O5/c1-3-5-7-9-11-13-14-16-22-26-32-37(42)45-34(28-23-19-15-12-10-8-6-4-2)29-24-20-17-18-21-25-31-36(41)40-35(38(43)44)30-27-33-39/h6,8,12,15,23,28,34-35H,3-5,7,9-11,13-14,16-22,24-27,29-33,39H2,1-2H3,(H,40,41)(H,43,44)/b8-6-,15-12-,28-23-. The maximum absolute atomic E-state index is 12.6. The fourth-order valence-electron chi connectivity index (χ4n) is 5.21. The van der Waals surface area contributed by atoms with Crippen LogP contribution < -0.4 is 11.1 Å². The number of carboxylic acid groups (broad SMARTS) is 1. The Hall–Kier alpha value is -2.41. The van der Waals surface area contributed by atoms with Gasteiger partial charge < -0.3 is 20.9 Å². The molecule has 0 aromatic carbocycles. The molecule has 7 heteroatoms. The van der Waals surface area contributed by atoms with Crippen LogP contribution in [0.25, 0.3) is 0 Å². The highest BCUT2D eigenvalue weighted by Crippen LogP contribution is 2.15. The lowest BCUT2D eigenvalue weighted by molar-refractivity contribution is -0.147. The Morgan fingerprint density at radius 3 is 1.78 bits per heavy atom. The summed E-state index contributed by atoms with van der Waals surface area (Å²) in [6.45, 7) is 4.79. The highest BCUT2D eigenvalue weighted by atomic mass is 16.5. The molecule has 7 nitrogen and oxygen atoms in total. The Balaban J connectivity index is 4.34. The molecule has 1 amide bonds. The molecule has 0 aliphatic carbocycles. The topological polar surface area (TPSA) is 119 Å². The van der Waals surface area contributed by atoms with Gasteiger partial charge in [0, 0.05) is 12.8 Å². The van der Waals surface area contributed by atoms with E-state index < -0.39 is 12.0 Å². The molecular weight excluding hydrogens is 564 g/mol. The molecule has 2 atom stereocenters. The molecule has 0 aromatic rings. The number of nitrogens with one attached hydrogen (secondary N) is 1. The summed E-state index contributed by atoms with van der Waals surface area (Å²) < 4.78 is 5.88. The average molecular weight is 633 g/mol. The molecule has 0 aromatic heterocycles. The largest absolute Gasteiger partial charge is 0.480 e. The van der Waals surface area contributed by atoms with E-state index in [0.29, 0.717) is 32.2 Å². The minimum Gasteiger partial charge on any atom is -0.480 e. The summed E-state index contributed by atoms with van der Waals surface area (Å²) in [6.07, 6.45) is 36.4. The molecule has 0 bridgehead atoms. The SMILES string of the molecule is CC/C=C\C/C=C\C/C=C\C(CCCCCCCCC(=O)NC(CCCN)C(=O)O)OC(=O)CCCCCCCCCCCC. The van der Waals surface area contributed by atoms with Gasteiger partial charge in [-0.2, -0.15) is 0 Å². The van der Waals surface area contributed by atoms with E-state index >= 15 is 0 Å². The normalized spacial score (nSPS) is 13.1. The number of hydrogen-bond acceptors (Lipinski definition) is 5. The zero-order valence-corrected chi connectivity index (χ0v) is 29.0. The summed E-state index contributed by atoms with van der Waals surface area (Å²) in [5, 5.41) is 11.9. The van der Waals surface area contributed by atoms with Gasteiger partial charge in [0.15, 0.2) is 0 Å². The zero-order chi connectivity index (χ0) is 33.2. The number of esters is 1. The average Bonchev–Trinajstić information content (AvgIpc) is 3.02. The van der Waals surface area contributed by atoms with Crippen LogP contribution in [0.2, 0.25) is 0 Å². The van der Waals surface area contributed by atoms with Crippen LogP contribution >= 0.6 is 0 Å². The quantitative estimate of drug-likeness (QED) is 0.0386. The first-order valence-corrected chi connectivity index (χ1v) is 18.3. The van der Waals surface area contributed by atoms with Crippen LogP contribution in [0.5, 0.6) is 0 Å². The number of aliphatic carboxylic acids is 1. The predicted octanol–water partition coefficient (Wildman–Crippen LogP) is 9.50. The third-order valence-electron chi connectivity index (χ3n) is 7.95. The summed E-state index contributed by atoms with van der Waals surface area (Å²) in [4.78, 5) is 36.0. The second-order valence-electron chi connectivity index (χ2n) is 12.3. The van der Waals surface area contributed by atoms with Gasteiger partial charge in [-0.1, -0.05) is 128 Å². The smallest absolute Gasteiger partial charge is 0.326 e. The van der Waals surface area contributed by atoms with Gasteiger partial charge in [-0.15, -0.1) is 0 Å². The van der Waals surface area contributed by atoms with Crippen molar-refractivity contribution in [1.29, 1.82) is 0 Å². The first kappa shape index (κ1) is 42.6. The number of amides is 1. The zero-order valence-electron chi connectivity index (χ0n) is 29.0. The molecule has 0 radical (unpaired) electrons. The molecule has 0 fully saturated rings. The highest BCUT2D eigenvalue weighted by Gasteiger charge is 2.18. The molecule has 0 heterocycles. The van der Waals surface area contributed by atoms with Crippen molar-refractivity contribution in [2.75, 3.05) is 6.54 Å². The molecule has 0 aliphatic rings. The van der Waals surface area contributed by atoms with Crippen molar-refractivity contribution in [3.63, 3.8) is 0 Å². The number of carbonyl (C=O) groups is 3. The van der Waals surface area contributed by atoms with Gasteiger partial charge in [0.25, 0.3) is 0 Å². The van der Waals surface area contributed by atoms with Crippen molar-refractivity contribution < 1.29 is 24.2 Å². The second-order valence-corrected chi connectivity index (χ2v) is 12.3. The van der Waals surface area contributed by atoms with E-state index in [2.05, 4.69) is 55.6 Å². The summed E-state index contributed by atoms with van der Waals surface area (Å²) in [7, 11) is 0. The number of carbonyl (C=O) groups excluding carboxylic acids is 2. The van der Waals surface area contributed by atoms with E-state index in [-0.39, 0.29) is 18.0 Å². The second kappa shape index (κ2) is 33.0. The summed E-state index contributed by atoms with van der Waals surface area (Å²) in [6, 6.07) is -0.856. The van der Waals surface area contributed by atoms with Gasteiger partial charge in [0.1, 0.15) is 12.1 Å². The molecule has 2 unspecified atom stereocenters. The lowest BCUT2D eigenvalue weighted by Gasteiger charge is -2.15. The van der Waals surface area contributed by atoms with E-state index in [1.54, 1.807) is 0 Å². The van der Waals surface area contributed by atoms with Crippen LogP contribution in [-0.2, 0) is 19.1 Å². The maximum Gasteiger partial charge on any atom is 0.326 e. The van der Waals surface area contributed by atoms with Gasteiger partial charge in [0.2, 0.25) is 5.91 Å². The van der Waals surface area contributed by atoms with Crippen molar-refractivity contribution in [3.05, 3.63) is 36.5 Å². The molecule has 0 rings (SSSR count). The molecule has 45 heavy (non-hydrogen) atoms. The van der Waals surface area contributed by atoms with Crippen molar-refractivity contribution >= 4 is 17.8 Å². The van der Waals surface area contributed by atoms with Crippen LogP contribution in [0.4, 0.5) is 0 Å². The number of carboxylic acids is 1. The molecule has 0 spiro atoms. The Kier molecular flexibility index (Phi) is 31.2. The number of nitrogens with two attached hydrogens (primary N) is 1. The maximum atomic E-state index is 12.6. The fraction of sp³-hybridized carbons (Fsp3) is 0.763. The molecule has 260 valence electrons. The van der Waals surface area contributed by atoms with Crippen LogP contribution in [0, 0.1) is 0 Å². The van der Waals surface area contributed by atoms with Crippen LogP contribution in [0.1, 0.15) is 168 Å². The number of allylic oxidation sites excluding steroid dienone is 5. The van der Waals surface area contributed by atoms with Gasteiger partial charge in [-0.3, -0.25) is 9.59 Å². The third-order valence-corrected chi connectivity index (χ3v) is 7.95. The van der Waals surface area contributed by atoms with E-state index in [1.807, 2.05) is 0 Å². The highest BCUT2D eigenvalue weighted by molar-refractivity contribution is 5.83. The van der Waals surface area contributed by atoms with Crippen molar-refractivity contribution in [1.82, 2.24) is 5.32 Å². The molecule has 4 N–H and O–H groups in total. The molecule has 0 aliphatic heterocycles. The first-order valence-electron chi connectivity index (χ1n) is 18.3. The fourth-order valence-corrected chi connectivity index (χ4v) is 5.21. The van der Waals surface area contributed by atoms with E-state index in [1.165, 1.54) is 51.4 Å². The van der Waals surface area contributed by atoms with Gasteiger partial charge in [-0.25, -0.2) is 4.79 Å². The van der Waals surface area contributed by atoms with Crippen LogP contribution in [0.15, 0.2) is 36.5 Å². The minimum absolute atomic E-state index is 0.0871. The Morgan fingerprint density at radius 2 is 1.20 bits per heavy atom. The van der Waals surface area contributed by atoms with E-state index in [9.17, 15) is 19.5 Å². The number of rotatable bonds is 32. The molecule has 0 saturated carbocycles. The monoisotopic (exact) mass is 633 g/mol. The number of ether oxygens (including phenoxy) is 1. The van der Waals surface area contributed by atoms with Crippen LogP contribution in [0.3, 0.4) is 0 Å². The summed E-state index contributed by atoms with van der Waals surface area (Å²) in [5.74, 6) is -1.30. The van der Waals surface area contributed by atoms with Crippen molar-refractivity contribution in [2.24, 2.45) is 5.73 Å². The molecular formula is C38H68N2O5. The van der Waals surface area contributed by atoms with Crippen molar-refractivity contribution in [2.45, 2.75) is 180 Å². The number of unbranched alkanes of at least 4 members (excludes halogenated alkanes) is 14. The molecule has 0 saturated heterocycles. The van der Waals surface area contributed by atoms with E-state index in [4.69, 9.17) is 10.5 Å². The third kappa shape index (κ3) is 30.0. The van der Waals surface area contributed by atoms with Crippen LogP contribution in [-0.4, -0.2) is 41.6 Å². The Bertz CT molecular complexity index is 808. The predicted molar refractivity (Wildman–Crippen MR) is 188 cm³/mol. The minimum atomic E-state index is -1.01. The lowest BCUT2D eigenvalue weighted by Crippen LogP contribution is -2.40. The van der Waals surface area contributed by atoms with Gasteiger partial charge in [0.05, 0.1) is 0 Å².